The molecule has 0 fully saturated rings. The molecule has 1 heterocycles. The van der Waals surface area contributed by atoms with E-state index in [2.05, 4.69) is 15.9 Å². The molecule has 6 heteroatoms. The molecule has 0 saturated carbocycles. The van der Waals surface area contributed by atoms with Crippen molar-refractivity contribution in [2.75, 3.05) is 0 Å². The average Bonchev–Trinajstić information content (AvgIpc) is 2.30. The number of pyridine rings is 1. The van der Waals surface area contributed by atoms with Crippen LogP contribution in [0.4, 0.5) is 4.39 Å². The van der Waals surface area contributed by atoms with Gasteiger partial charge in [0.1, 0.15) is 5.82 Å². The smallest absolute Gasteiger partial charge is 0.337 e. The summed E-state index contributed by atoms with van der Waals surface area (Å²) in [6.07, 6.45) is 1.20. The van der Waals surface area contributed by atoms with Gasteiger partial charge in [0.05, 0.1) is 11.3 Å². The number of rotatable bonds is 2. The largest absolute Gasteiger partial charge is 0.478 e. The fourth-order valence-corrected chi connectivity index (χ4v) is 2.02. The highest BCUT2D eigenvalue weighted by molar-refractivity contribution is 9.10. The van der Waals surface area contributed by atoms with Crippen LogP contribution >= 0.6 is 15.9 Å². The van der Waals surface area contributed by atoms with E-state index in [0.29, 0.717) is 10.2 Å². The first-order valence-electron chi connectivity index (χ1n) is 4.90. The third-order valence-electron chi connectivity index (χ3n) is 2.33. The van der Waals surface area contributed by atoms with Crippen LogP contribution in [0.3, 0.4) is 0 Å². The Morgan fingerprint density at radius 3 is 2.61 bits per heavy atom. The van der Waals surface area contributed by atoms with E-state index in [1.54, 1.807) is 0 Å². The van der Waals surface area contributed by atoms with E-state index in [9.17, 15) is 14.0 Å². The van der Waals surface area contributed by atoms with Gasteiger partial charge in [0.25, 0.3) is 5.56 Å². The molecule has 92 valence electrons. The number of benzene rings is 1. The monoisotopic (exact) mass is 311 g/mol. The molecule has 0 bridgehead atoms. The maximum Gasteiger partial charge on any atom is 0.337 e. The zero-order valence-electron chi connectivity index (χ0n) is 8.93. The molecule has 0 amide bonds. The van der Waals surface area contributed by atoms with Crippen molar-refractivity contribution in [3.05, 3.63) is 62.7 Å². The summed E-state index contributed by atoms with van der Waals surface area (Å²) in [5.41, 5.74) is -0.0392. The van der Waals surface area contributed by atoms with E-state index >= 15 is 0 Å². The lowest BCUT2D eigenvalue weighted by molar-refractivity contribution is 0.0696. The van der Waals surface area contributed by atoms with Crippen molar-refractivity contribution in [3.8, 4) is 5.69 Å². The molecule has 0 saturated heterocycles. The lowest BCUT2D eigenvalue weighted by Gasteiger charge is -2.08. The Bertz CT molecular complexity index is 681. The summed E-state index contributed by atoms with van der Waals surface area (Å²) in [4.78, 5) is 22.5. The Balaban J connectivity index is 2.66. The number of nitrogens with zero attached hydrogens (tertiary/aromatic N) is 1. The minimum atomic E-state index is -1.14. The second-order valence-electron chi connectivity index (χ2n) is 3.53. The van der Waals surface area contributed by atoms with Gasteiger partial charge in [0, 0.05) is 16.7 Å². The maximum absolute atomic E-state index is 13.0. The Labute approximate surface area is 109 Å². The SMILES string of the molecule is O=C(O)c1ccc(=O)n(-c2ccc(F)cc2Br)c1. The number of carbonyl (C=O) groups is 1. The van der Waals surface area contributed by atoms with Crippen molar-refractivity contribution in [1.82, 2.24) is 4.57 Å². The van der Waals surface area contributed by atoms with Crippen molar-refractivity contribution in [2.24, 2.45) is 0 Å². The van der Waals surface area contributed by atoms with Crippen LogP contribution in [-0.2, 0) is 0 Å². The zero-order valence-corrected chi connectivity index (χ0v) is 10.5. The third kappa shape index (κ3) is 2.33. The molecule has 1 N–H and O–H groups in total. The van der Waals surface area contributed by atoms with Gasteiger partial charge in [0.15, 0.2) is 0 Å². The van der Waals surface area contributed by atoms with Crippen molar-refractivity contribution in [2.45, 2.75) is 0 Å². The summed E-state index contributed by atoms with van der Waals surface area (Å²) >= 11 is 3.13. The Morgan fingerprint density at radius 1 is 1.28 bits per heavy atom. The van der Waals surface area contributed by atoms with Crippen LogP contribution in [0.25, 0.3) is 5.69 Å². The minimum absolute atomic E-state index is 0.0224. The highest BCUT2D eigenvalue weighted by Gasteiger charge is 2.09. The van der Waals surface area contributed by atoms with Crippen LogP contribution in [-0.4, -0.2) is 15.6 Å². The molecule has 4 nitrogen and oxygen atoms in total. The number of aromatic carboxylic acids is 1. The minimum Gasteiger partial charge on any atom is -0.478 e. The molecule has 0 radical (unpaired) electrons. The first-order chi connectivity index (χ1) is 8.49. The number of aromatic nitrogens is 1. The molecular formula is C12H7BrFNO3. The van der Waals surface area contributed by atoms with Gasteiger partial charge in [-0.25, -0.2) is 9.18 Å². The van der Waals surface area contributed by atoms with E-state index in [1.165, 1.54) is 30.5 Å². The van der Waals surface area contributed by atoms with Gasteiger partial charge < -0.3 is 5.11 Å². The van der Waals surface area contributed by atoms with Gasteiger partial charge in [-0.2, -0.15) is 0 Å². The Hall–Kier alpha value is -1.95. The molecule has 0 aliphatic heterocycles. The van der Waals surface area contributed by atoms with Crippen LogP contribution in [0.15, 0.2) is 45.8 Å². The van der Waals surface area contributed by atoms with Crippen molar-refractivity contribution >= 4 is 21.9 Å². The average molecular weight is 312 g/mol. The number of halogens is 2. The molecular weight excluding hydrogens is 305 g/mol. The fraction of sp³-hybridized carbons (Fsp3) is 0. The summed E-state index contributed by atoms with van der Waals surface area (Å²) in [5, 5.41) is 8.87. The predicted molar refractivity (Wildman–Crippen MR) is 66.7 cm³/mol. The van der Waals surface area contributed by atoms with Gasteiger partial charge >= 0.3 is 5.97 Å². The maximum atomic E-state index is 13.0. The number of hydrogen-bond acceptors (Lipinski definition) is 2. The standard InChI is InChI=1S/C12H7BrFNO3/c13-9-5-8(14)2-3-10(9)15-6-7(12(17)18)1-4-11(15)16/h1-6H,(H,17,18). The van der Waals surface area contributed by atoms with Gasteiger partial charge in [0.2, 0.25) is 0 Å². The fourth-order valence-electron chi connectivity index (χ4n) is 1.48. The lowest BCUT2D eigenvalue weighted by Crippen LogP contribution is -2.18. The summed E-state index contributed by atoms with van der Waals surface area (Å²) in [6, 6.07) is 6.17. The molecule has 2 rings (SSSR count). The molecule has 0 unspecified atom stereocenters. The Kier molecular flexibility index (Phi) is 3.29. The van der Waals surface area contributed by atoms with Gasteiger partial charge in [-0.15, -0.1) is 0 Å². The Morgan fingerprint density at radius 2 is 2.00 bits per heavy atom. The van der Waals surface area contributed by atoms with E-state index in [-0.39, 0.29) is 5.56 Å². The van der Waals surface area contributed by atoms with Gasteiger partial charge in [-0.3, -0.25) is 9.36 Å². The molecule has 2 aromatic rings. The lowest BCUT2D eigenvalue weighted by atomic mass is 10.2. The van der Waals surface area contributed by atoms with E-state index in [1.807, 2.05) is 0 Å². The molecule has 0 aliphatic rings. The second-order valence-corrected chi connectivity index (χ2v) is 4.38. The topological polar surface area (TPSA) is 59.3 Å². The highest BCUT2D eigenvalue weighted by atomic mass is 79.9. The normalized spacial score (nSPS) is 10.3. The summed E-state index contributed by atoms with van der Waals surface area (Å²) in [7, 11) is 0. The summed E-state index contributed by atoms with van der Waals surface area (Å²) < 4.78 is 14.5. The van der Waals surface area contributed by atoms with E-state index in [4.69, 9.17) is 5.11 Å². The van der Waals surface area contributed by atoms with Crippen molar-refractivity contribution in [3.63, 3.8) is 0 Å². The summed E-state index contributed by atoms with van der Waals surface area (Å²) in [6.45, 7) is 0. The molecule has 0 spiro atoms. The molecule has 1 aromatic carbocycles. The number of hydrogen-bond donors (Lipinski definition) is 1. The zero-order chi connectivity index (χ0) is 13.3. The van der Waals surface area contributed by atoms with Crippen LogP contribution in [0.2, 0.25) is 0 Å². The van der Waals surface area contributed by atoms with Crippen LogP contribution in [0.5, 0.6) is 0 Å². The van der Waals surface area contributed by atoms with Gasteiger partial charge in [-0.1, -0.05) is 0 Å². The number of carboxylic acids is 1. The highest BCUT2D eigenvalue weighted by Crippen LogP contribution is 2.21. The van der Waals surface area contributed by atoms with E-state index in [0.717, 1.165) is 10.6 Å². The first-order valence-corrected chi connectivity index (χ1v) is 5.70. The third-order valence-corrected chi connectivity index (χ3v) is 2.96. The van der Waals surface area contributed by atoms with Crippen LogP contribution < -0.4 is 5.56 Å². The molecule has 1 aromatic heterocycles. The molecule has 0 atom stereocenters. The molecule has 0 aliphatic carbocycles. The van der Waals surface area contributed by atoms with Crippen LogP contribution in [0, 0.1) is 5.82 Å². The van der Waals surface area contributed by atoms with Crippen molar-refractivity contribution < 1.29 is 14.3 Å². The first kappa shape index (κ1) is 12.5. The summed E-state index contributed by atoms with van der Waals surface area (Å²) in [5.74, 6) is -1.59. The van der Waals surface area contributed by atoms with Crippen LogP contribution in [0.1, 0.15) is 10.4 Å². The quantitative estimate of drug-likeness (QED) is 0.926. The molecule has 18 heavy (non-hydrogen) atoms. The second kappa shape index (κ2) is 4.73. The van der Waals surface area contributed by atoms with Crippen molar-refractivity contribution in [1.29, 1.82) is 0 Å². The predicted octanol–water partition coefficient (Wildman–Crippen LogP) is 2.44. The van der Waals surface area contributed by atoms with Gasteiger partial charge in [-0.05, 0) is 40.2 Å². The number of carboxylic acid groups (broad SMARTS) is 1. The van der Waals surface area contributed by atoms with E-state index < -0.39 is 17.3 Å².